The van der Waals surface area contributed by atoms with Crippen molar-refractivity contribution in [2.24, 2.45) is 5.73 Å². The van der Waals surface area contributed by atoms with E-state index in [0.29, 0.717) is 11.3 Å². The maximum absolute atomic E-state index is 10.7. The molecule has 2 unspecified atom stereocenters. The molecule has 94 valence electrons. The quantitative estimate of drug-likeness (QED) is 0.691. The van der Waals surface area contributed by atoms with E-state index in [1.807, 2.05) is 13.8 Å². The monoisotopic (exact) mass is 239 g/mol. The van der Waals surface area contributed by atoms with Crippen molar-refractivity contribution in [3.05, 3.63) is 29.8 Å². The van der Waals surface area contributed by atoms with Gasteiger partial charge in [0.2, 0.25) is 5.91 Å². The van der Waals surface area contributed by atoms with E-state index in [-0.39, 0.29) is 6.10 Å². The van der Waals surface area contributed by atoms with Crippen LogP contribution in [-0.4, -0.2) is 28.3 Å². The molecule has 5 heteroatoms. The van der Waals surface area contributed by atoms with Crippen molar-refractivity contribution < 1.29 is 19.7 Å². The Morgan fingerprint density at radius 1 is 1.24 bits per heavy atom. The number of amides is 1. The summed E-state index contributed by atoms with van der Waals surface area (Å²) in [6.07, 6.45) is -2.87. The second-order valence-electron chi connectivity index (χ2n) is 4.03. The molecule has 1 aromatic carbocycles. The van der Waals surface area contributed by atoms with Gasteiger partial charge in [0, 0.05) is 0 Å². The molecule has 0 fully saturated rings. The van der Waals surface area contributed by atoms with Gasteiger partial charge in [0.05, 0.1) is 6.10 Å². The minimum atomic E-state index is -1.60. The van der Waals surface area contributed by atoms with Gasteiger partial charge in [-0.2, -0.15) is 0 Å². The SMILES string of the molecule is CC(C)Oc1ccc(C(O)C(O)C(N)=O)cc1. The molecule has 0 aliphatic rings. The number of nitrogens with two attached hydrogens (primary N) is 1. The zero-order valence-corrected chi connectivity index (χ0v) is 9.83. The van der Waals surface area contributed by atoms with Crippen molar-refractivity contribution in [2.75, 3.05) is 0 Å². The predicted octanol–water partition coefficient (Wildman–Crippen LogP) is 0.353. The third-order valence-electron chi connectivity index (χ3n) is 2.18. The average Bonchev–Trinajstić information content (AvgIpc) is 2.27. The standard InChI is InChI=1S/C12H17NO4/c1-7(2)17-9-5-3-8(4-6-9)10(14)11(15)12(13)16/h3-7,10-11,14-15H,1-2H3,(H2,13,16). The van der Waals surface area contributed by atoms with E-state index in [1.165, 1.54) is 0 Å². The van der Waals surface area contributed by atoms with Crippen LogP contribution in [0.4, 0.5) is 0 Å². The molecule has 0 aliphatic heterocycles. The van der Waals surface area contributed by atoms with Crippen molar-refractivity contribution in [3.63, 3.8) is 0 Å². The Balaban J connectivity index is 2.76. The third kappa shape index (κ3) is 3.72. The van der Waals surface area contributed by atoms with Gasteiger partial charge < -0.3 is 20.7 Å². The van der Waals surface area contributed by atoms with Gasteiger partial charge in [-0.25, -0.2) is 0 Å². The molecule has 1 amide bonds. The van der Waals surface area contributed by atoms with Crippen LogP contribution < -0.4 is 10.5 Å². The molecule has 0 heterocycles. The minimum absolute atomic E-state index is 0.0574. The number of aliphatic hydroxyl groups is 2. The lowest BCUT2D eigenvalue weighted by molar-refractivity contribution is -0.131. The Labute approximate surface area is 99.8 Å². The summed E-state index contributed by atoms with van der Waals surface area (Å²) in [7, 11) is 0. The highest BCUT2D eigenvalue weighted by molar-refractivity contribution is 5.79. The molecular formula is C12H17NO4. The average molecular weight is 239 g/mol. The van der Waals surface area contributed by atoms with E-state index in [0.717, 1.165) is 0 Å². The van der Waals surface area contributed by atoms with Crippen LogP contribution >= 0.6 is 0 Å². The van der Waals surface area contributed by atoms with Gasteiger partial charge in [-0.05, 0) is 31.5 Å². The minimum Gasteiger partial charge on any atom is -0.491 e. The maximum atomic E-state index is 10.7. The first-order valence-electron chi connectivity index (χ1n) is 5.34. The fraction of sp³-hybridized carbons (Fsp3) is 0.417. The number of aliphatic hydroxyl groups excluding tert-OH is 2. The third-order valence-corrected chi connectivity index (χ3v) is 2.18. The number of carbonyl (C=O) groups excluding carboxylic acids is 1. The van der Waals surface area contributed by atoms with Crippen LogP contribution in [0.15, 0.2) is 24.3 Å². The molecule has 4 N–H and O–H groups in total. The van der Waals surface area contributed by atoms with Gasteiger partial charge >= 0.3 is 0 Å². The molecule has 0 saturated carbocycles. The Kier molecular flexibility index (Phi) is 4.48. The number of ether oxygens (including phenoxy) is 1. The molecule has 1 rings (SSSR count). The van der Waals surface area contributed by atoms with Crippen LogP contribution in [0.5, 0.6) is 5.75 Å². The lowest BCUT2D eigenvalue weighted by Gasteiger charge is -2.16. The van der Waals surface area contributed by atoms with E-state index >= 15 is 0 Å². The second kappa shape index (κ2) is 5.65. The lowest BCUT2D eigenvalue weighted by atomic mass is 10.0. The number of rotatable bonds is 5. The first kappa shape index (κ1) is 13.5. The van der Waals surface area contributed by atoms with Crippen LogP contribution in [0, 0.1) is 0 Å². The summed E-state index contributed by atoms with van der Waals surface area (Å²) in [5.41, 5.74) is 5.31. The van der Waals surface area contributed by atoms with E-state index in [9.17, 15) is 15.0 Å². The van der Waals surface area contributed by atoms with Gasteiger partial charge in [0.15, 0.2) is 6.10 Å². The lowest BCUT2D eigenvalue weighted by Crippen LogP contribution is -2.33. The van der Waals surface area contributed by atoms with Crippen LogP contribution in [0.2, 0.25) is 0 Å². The molecule has 0 radical (unpaired) electrons. The van der Waals surface area contributed by atoms with Crippen LogP contribution in [-0.2, 0) is 4.79 Å². The normalized spacial score (nSPS) is 14.4. The van der Waals surface area contributed by atoms with E-state index < -0.39 is 18.1 Å². The maximum Gasteiger partial charge on any atom is 0.249 e. The summed E-state index contributed by atoms with van der Waals surface area (Å²) >= 11 is 0. The first-order chi connectivity index (χ1) is 7.91. The van der Waals surface area contributed by atoms with E-state index in [4.69, 9.17) is 10.5 Å². The molecule has 0 spiro atoms. The van der Waals surface area contributed by atoms with Gasteiger partial charge in [-0.15, -0.1) is 0 Å². The summed E-state index contributed by atoms with van der Waals surface area (Å²) in [6, 6.07) is 6.47. The van der Waals surface area contributed by atoms with Crippen LogP contribution in [0.25, 0.3) is 0 Å². The van der Waals surface area contributed by atoms with Gasteiger partial charge in [-0.3, -0.25) is 4.79 Å². The number of carbonyl (C=O) groups is 1. The van der Waals surface area contributed by atoms with E-state index in [1.54, 1.807) is 24.3 Å². The molecule has 0 aliphatic carbocycles. The van der Waals surface area contributed by atoms with Crippen LogP contribution in [0.3, 0.4) is 0 Å². The number of benzene rings is 1. The van der Waals surface area contributed by atoms with Crippen molar-refractivity contribution in [2.45, 2.75) is 32.2 Å². The van der Waals surface area contributed by atoms with Crippen molar-refractivity contribution >= 4 is 5.91 Å². The smallest absolute Gasteiger partial charge is 0.249 e. The fourth-order valence-electron chi connectivity index (χ4n) is 1.35. The van der Waals surface area contributed by atoms with E-state index in [2.05, 4.69) is 0 Å². The van der Waals surface area contributed by atoms with Crippen LogP contribution in [0.1, 0.15) is 25.5 Å². The summed E-state index contributed by atoms with van der Waals surface area (Å²) < 4.78 is 5.42. The van der Waals surface area contributed by atoms with Gasteiger partial charge in [-0.1, -0.05) is 12.1 Å². The Morgan fingerprint density at radius 3 is 2.18 bits per heavy atom. The molecule has 1 aromatic rings. The molecular weight excluding hydrogens is 222 g/mol. The number of primary amides is 1. The summed E-state index contributed by atoms with van der Waals surface area (Å²) in [5, 5.41) is 18.9. The Bertz CT molecular complexity index is 375. The van der Waals surface area contributed by atoms with Gasteiger partial charge in [0.1, 0.15) is 11.9 Å². The zero-order valence-electron chi connectivity index (χ0n) is 9.83. The largest absolute Gasteiger partial charge is 0.491 e. The van der Waals surface area contributed by atoms with Crippen molar-refractivity contribution in [1.29, 1.82) is 0 Å². The van der Waals surface area contributed by atoms with Crippen molar-refractivity contribution in [3.8, 4) is 5.75 Å². The molecule has 0 aromatic heterocycles. The Hall–Kier alpha value is -1.59. The summed E-state index contributed by atoms with van der Waals surface area (Å²) in [5.74, 6) is -0.301. The molecule has 0 bridgehead atoms. The zero-order chi connectivity index (χ0) is 13.0. The highest BCUT2D eigenvalue weighted by Crippen LogP contribution is 2.20. The predicted molar refractivity (Wildman–Crippen MR) is 62.4 cm³/mol. The fourth-order valence-corrected chi connectivity index (χ4v) is 1.35. The first-order valence-corrected chi connectivity index (χ1v) is 5.34. The second-order valence-corrected chi connectivity index (χ2v) is 4.03. The molecule has 2 atom stereocenters. The number of hydrogen-bond acceptors (Lipinski definition) is 4. The highest BCUT2D eigenvalue weighted by Gasteiger charge is 2.23. The highest BCUT2D eigenvalue weighted by atomic mass is 16.5. The molecule has 5 nitrogen and oxygen atoms in total. The Morgan fingerprint density at radius 2 is 1.76 bits per heavy atom. The number of hydrogen-bond donors (Lipinski definition) is 3. The van der Waals surface area contributed by atoms with Crippen molar-refractivity contribution in [1.82, 2.24) is 0 Å². The molecule has 17 heavy (non-hydrogen) atoms. The topological polar surface area (TPSA) is 92.8 Å². The summed E-state index contributed by atoms with van der Waals surface area (Å²) in [4.78, 5) is 10.7. The molecule has 0 saturated heterocycles. The van der Waals surface area contributed by atoms with Gasteiger partial charge in [0.25, 0.3) is 0 Å². The summed E-state index contributed by atoms with van der Waals surface area (Å²) in [6.45, 7) is 3.80.